The molecule has 0 bridgehead atoms. The van der Waals surface area contributed by atoms with E-state index in [0.717, 1.165) is 18.5 Å². The Hall–Kier alpha value is -1.35. The van der Waals surface area contributed by atoms with Gasteiger partial charge in [-0.05, 0) is 68.5 Å². The van der Waals surface area contributed by atoms with Crippen molar-refractivity contribution in [3.63, 3.8) is 0 Å². The molecule has 22 heavy (non-hydrogen) atoms. The summed E-state index contributed by atoms with van der Waals surface area (Å²) in [6.45, 7) is 10.3. The van der Waals surface area contributed by atoms with Crippen LogP contribution in [0.15, 0.2) is 18.2 Å². The number of benzene rings is 1. The Balaban J connectivity index is 1.76. The van der Waals surface area contributed by atoms with Gasteiger partial charge in [0, 0.05) is 6.54 Å². The molecule has 3 nitrogen and oxygen atoms in total. The minimum absolute atomic E-state index is 0.197. The summed E-state index contributed by atoms with van der Waals surface area (Å²) in [6.07, 6.45) is 4.90. The van der Waals surface area contributed by atoms with Crippen LogP contribution in [0.5, 0.6) is 0 Å². The van der Waals surface area contributed by atoms with Crippen molar-refractivity contribution < 1.29 is 9.53 Å². The average Bonchev–Trinajstić information content (AvgIpc) is 2.52. The summed E-state index contributed by atoms with van der Waals surface area (Å²) in [5, 5.41) is 0. The SMILES string of the molecule is Cc1cc(C(=O)OCCCN2CCCCC2)ccc1C(C)C. The van der Waals surface area contributed by atoms with E-state index in [1.807, 2.05) is 18.2 Å². The highest BCUT2D eigenvalue weighted by molar-refractivity contribution is 5.89. The van der Waals surface area contributed by atoms with Gasteiger partial charge in [0.15, 0.2) is 0 Å². The number of rotatable bonds is 6. The van der Waals surface area contributed by atoms with Gasteiger partial charge < -0.3 is 9.64 Å². The maximum Gasteiger partial charge on any atom is 0.338 e. The van der Waals surface area contributed by atoms with Crippen molar-refractivity contribution in [2.75, 3.05) is 26.2 Å². The summed E-state index contributed by atoms with van der Waals surface area (Å²) in [6, 6.07) is 5.88. The zero-order chi connectivity index (χ0) is 15.9. The van der Waals surface area contributed by atoms with Crippen molar-refractivity contribution in [2.45, 2.75) is 52.4 Å². The fourth-order valence-electron chi connectivity index (χ4n) is 3.17. The Kier molecular flexibility index (Phi) is 6.44. The van der Waals surface area contributed by atoms with E-state index >= 15 is 0 Å². The predicted molar refractivity (Wildman–Crippen MR) is 90.5 cm³/mol. The molecule has 1 aromatic rings. The number of hydrogen-bond donors (Lipinski definition) is 0. The van der Waals surface area contributed by atoms with Gasteiger partial charge in [0.1, 0.15) is 0 Å². The van der Waals surface area contributed by atoms with Crippen LogP contribution in [-0.4, -0.2) is 37.1 Å². The van der Waals surface area contributed by atoms with E-state index in [1.54, 1.807) is 0 Å². The maximum atomic E-state index is 12.1. The van der Waals surface area contributed by atoms with Crippen molar-refractivity contribution in [1.82, 2.24) is 4.90 Å². The average molecular weight is 303 g/mol. The molecular formula is C19H29NO2. The second-order valence-electron chi connectivity index (χ2n) is 6.62. The van der Waals surface area contributed by atoms with Crippen LogP contribution in [0.3, 0.4) is 0 Å². The second-order valence-corrected chi connectivity index (χ2v) is 6.62. The van der Waals surface area contributed by atoms with Gasteiger partial charge in [-0.3, -0.25) is 0 Å². The lowest BCUT2D eigenvalue weighted by Gasteiger charge is -2.26. The smallest absolute Gasteiger partial charge is 0.338 e. The van der Waals surface area contributed by atoms with Crippen LogP contribution in [0.25, 0.3) is 0 Å². The molecule has 1 aliphatic rings. The van der Waals surface area contributed by atoms with Crippen molar-refractivity contribution in [3.05, 3.63) is 34.9 Å². The lowest BCUT2D eigenvalue weighted by atomic mass is 9.96. The van der Waals surface area contributed by atoms with Crippen molar-refractivity contribution in [2.24, 2.45) is 0 Å². The van der Waals surface area contributed by atoms with Crippen LogP contribution in [-0.2, 0) is 4.74 Å². The fourth-order valence-corrected chi connectivity index (χ4v) is 3.17. The Morgan fingerprint density at radius 2 is 1.95 bits per heavy atom. The van der Waals surface area contributed by atoms with Gasteiger partial charge >= 0.3 is 5.97 Å². The van der Waals surface area contributed by atoms with Gasteiger partial charge in [0.2, 0.25) is 0 Å². The number of likely N-dealkylation sites (tertiary alicyclic amines) is 1. The molecule has 1 aromatic carbocycles. The molecule has 0 atom stereocenters. The molecule has 1 heterocycles. The zero-order valence-electron chi connectivity index (χ0n) is 14.2. The third kappa shape index (κ3) is 4.84. The standard InChI is InChI=1S/C19H29NO2/c1-15(2)18-9-8-17(14-16(18)3)19(21)22-13-7-12-20-10-5-4-6-11-20/h8-9,14-15H,4-7,10-13H2,1-3H3. The molecule has 2 rings (SSSR count). The highest BCUT2D eigenvalue weighted by Crippen LogP contribution is 2.20. The van der Waals surface area contributed by atoms with Gasteiger partial charge in [-0.1, -0.05) is 26.3 Å². The van der Waals surface area contributed by atoms with Gasteiger partial charge in [0.05, 0.1) is 12.2 Å². The molecule has 0 spiro atoms. The largest absolute Gasteiger partial charge is 0.462 e. The van der Waals surface area contributed by atoms with E-state index in [0.29, 0.717) is 18.1 Å². The summed E-state index contributed by atoms with van der Waals surface area (Å²) >= 11 is 0. The van der Waals surface area contributed by atoms with Crippen LogP contribution in [0, 0.1) is 6.92 Å². The number of hydrogen-bond acceptors (Lipinski definition) is 3. The molecule has 3 heteroatoms. The van der Waals surface area contributed by atoms with Gasteiger partial charge in [-0.2, -0.15) is 0 Å². The summed E-state index contributed by atoms with van der Waals surface area (Å²) in [7, 11) is 0. The molecule has 1 saturated heterocycles. The van der Waals surface area contributed by atoms with Crippen LogP contribution in [0.4, 0.5) is 0 Å². The Morgan fingerprint density at radius 3 is 2.59 bits per heavy atom. The minimum atomic E-state index is -0.197. The normalized spacial score (nSPS) is 16.0. The third-order valence-corrected chi connectivity index (χ3v) is 4.43. The lowest BCUT2D eigenvalue weighted by Crippen LogP contribution is -2.31. The number of esters is 1. The van der Waals surface area contributed by atoms with Crippen LogP contribution >= 0.6 is 0 Å². The maximum absolute atomic E-state index is 12.1. The van der Waals surface area contributed by atoms with E-state index in [9.17, 15) is 4.79 Å². The fraction of sp³-hybridized carbons (Fsp3) is 0.632. The third-order valence-electron chi connectivity index (χ3n) is 4.43. The van der Waals surface area contributed by atoms with E-state index < -0.39 is 0 Å². The monoisotopic (exact) mass is 303 g/mol. The lowest BCUT2D eigenvalue weighted by molar-refractivity contribution is 0.0485. The molecule has 0 unspecified atom stereocenters. The Morgan fingerprint density at radius 1 is 1.23 bits per heavy atom. The summed E-state index contributed by atoms with van der Waals surface area (Å²) < 4.78 is 5.41. The summed E-state index contributed by atoms with van der Waals surface area (Å²) in [5.74, 6) is 0.284. The van der Waals surface area contributed by atoms with Crippen molar-refractivity contribution in [1.29, 1.82) is 0 Å². The first-order valence-corrected chi connectivity index (χ1v) is 8.58. The molecule has 0 aromatic heterocycles. The molecule has 0 saturated carbocycles. The first kappa shape index (κ1) is 17.0. The Bertz CT molecular complexity index is 490. The van der Waals surface area contributed by atoms with Crippen molar-refractivity contribution in [3.8, 4) is 0 Å². The summed E-state index contributed by atoms with van der Waals surface area (Å²) in [5.41, 5.74) is 3.12. The number of piperidine rings is 1. The van der Waals surface area contributed by atoms with Gasteiger partial charge in [-0.15, -0.1) is 0 Å². The number of carbonyl (C=O) groups excluding carboxylic acids is 1. The first-order chi connectivity index (χ1) is 10.6. The topological polar surface area (TPSA) is 29.5 Å². The molecular weight excluding hydrogens is 274 g/mol. The highest BCUT2D eigenvalue weighted by Gasteiger charge is 2.12. The van der Waals surface area contributed by atoms with Crippen LogP contribution in [0.2, 0.25) is 0 Å². The quantitative estimate of drug-likeness (QED) is 0.584. The second kappa shape index (κ2) is 8.33. The number of ether oxygens (including phenoxy) is 1. The summed E-state index contributed by atoms with van der Waals surface area (Å²) in [4.78, 5) is 14.6. The minimum Gasteiger partial charge on any atom is -0.462 e. The molecule has 0 amide bonds. The van der Waals surface area contributed by atoms with Crippen LogP contribution in [0.1, 0.15) is 66.9 Å². The molecule has 1 aliphatic heterocycles. The first-order valence-electron chi connectivity index (χ1n) is 8.58. The molecule has 0 N–H and O–H groups in total. The molecule has 122 valence electrons. The molecule has 1 fully saturated rings. The number of carbonyl (C=O) groups is 1. The van der Waals surface area contributed by atoms with Gasteiger partial charge in [-0.25, -0.2) is 4.79 Å². The number of nitrogens with zero attached hydrogens (tertiary/aromatic N) is 1. The zero-order valence-corrected chi connectivity index (χ0v) is 14.2. The van der Waals surface area contributed by atoms with Crippen LogP contribution < -0.4 is 0 Å². The predicted octanol–water partition coefficient (Wildman–Crippen LogP) is 4.15. The van der Waals surface area contributed by atoms with E-state index in [-0.39, 0.29) is 5.97 Å². The molecule has 0 radical (unpaired) electrons. The van der Waals surface area contributed by atoms with Crippen molar-refractivity contribution >= 4 is 5.97 Å². The van der Waals surface area contributed by atoms with E-state index in [1.165, 1.54) is 37.9 Å². The van der Waals surface area contributed by atoms with E-state index in [4.69, 9.17) is 4.74 Å². The molecule has 0 aliphatic carbocycles. The number of aryl methyl sites for hydroxylation is 1. The highest BCUT2D eigenvalue weighted by atomic mass is 16.5. The Labute approximate surface area is 134 Å². The van der Waals surface area contributed by atoms with E-state index in [2.05, 4.69) is 25.7 Å². The van der Waals surface area contributed by atoms with Gasteiger partial charge in [0.25, 0.3) is 0 Å².